The Kier molecular flexibility index (Phi) is 10.9. The van der Waals surface area contributed by atoms with Crippen molar-refractivity contribution in [2.24, 2.45) is 18.0 Å². The van der Waals surface area contributed by atoms with Gasteiger partial charge in [-0.3, -0.25) is 0 Å². The number of anilines is 1. The van der Waals surface area contributed by atoms with Crippen LogP contribution in [-0.2, 0) is 13.6 Å². The summed E-state index contributed by atoms with van der Waals surface area (Å²) >= 11 is 0. The number of aromatic nitrogens is 3. The number of para-hydroxylation sites is 1. The van der Waals surface area contributed by atoms with Gasteiger partial charge >= 0.3 is 0 Å². The normalized spacial score (nSPS) is 12.6. The predicted octanol–water partition coefficient (Wildman–Crippen LogP) is 2.48. The second-order valence-electron chi connectivity index (χ2n) is 7.97. The van der Waals surface area contributed by atoms with Crippen molar-refractivity contribution in [1.29, 1.82) is 0 Å². The van der Waals surface area contributed by atoms with E-state index in [9.17, 15) is 5.11 Å². The number of rotatable bonds is 13. The number of aryl methyl sites for hydroxylation is 1. The van der Waals surface area contributed by atoms with Crippen molar-refractivity contribution in [2.75, 3.05) is 38.2 Å². The van der Waals surface area contributed by atoms with Crippen molar-refractivity contribution in [1.82, 2.24) is 25.4 Å². The maximum absolute atomic E-state index is 9.34. The smallest absolute Gasteiger partial charge is 0.191 e. The first-order valence-electron chi connectivity index (χ1n) is 11.3. The molecule has 1 aromatic carbocycles. The van der Waals surface area contributed by atoms with Crippen LogP contribution in [0, 0.1) is 12.8 Å². The van der Waals surface area contributed by atoms with Gasteiger partial charge < -0.3 is 25.2 Å². The van der Waals surface area contributed by atoms with Gasteiger partial charge in [-0.1, -0.05) is 31.5 Å². The van der Waals surface area contributed by atoms with Gasteiger partial charge in [-0.15, -0.1) is 10.2 Å². The summed E-state index contributed by atoms with van der Waals surface area (Å²) in [4.78, 5) is 6.99. The summed E-state index contributed by atoms with van der Waals surface area (Å²) in [6.45, 7) is 7.37. The summed E-state index contributed by atoms with van der Waals surface area (Å²) < 4.78 is 1.96. The molecule has 1 atom stereocenters. The number of nitrogens with zero attached hydrogens (tertiary/aromatic N) is 5. The first kappa shape index (κ1) is 24.7. The summed E-state index contributed by atoms with van der Waals surface area (Å²) in [6.07, 6.45) is 3.99. The molecule has 0 radical (unpaired) electrons. The molecule has 0 aliphatic rings. The molecule has 3 N–H and O–H groups in total. The van der Waals surface area contributed by atoms with Gasteiger partial charge in [-0.05, 0) is 44.2 Å². The molecule has 0 spiro atoms. The molecular weight excluding hydrogens is 390 g/mol. The highest BCUT2D eigenvalue weighted by Crippen LogP contribution is 2.11. The van der Waals surface area contributed by atoms with Crippen molar-refractivity contribution in [2.45, 2.75) is 46.1 Å². The minimum Gasteiger partial charge on any atom is -0.396 e. The van der Waals surface area contributed by atoms with Crippen molar-refractivity contribution < 1.29 is 5.11 Å². The molecule has 1 heterocycles. The molecule has 31 heavy (non-hydrogen) atoms. The Balaban J connectivity index is 1.91. The monoisotopic (exact) mass is 429 g/mol. The van der Waals surface area contributed by atoms with E-state index in [0.717, 1.165) is 62.9 Å². The average molecular weight is 430 g/mol. The van der Waals surface area contributed by atoms with Crippen molar-refractivity contribution in [3.05, 3.63) is 42.0 Å². The Hall–Kier alpha value is -2.61. The summed E-state index contributed by atoms with van der Waals surface area (Å²) in [5.41, 5.74) is 1.22. The summed E-state index contributed by atoms with van der Waals surface area (Å²) in [7, 11) is 4.07. The third-order valence-corrected chi connectivity index (χ3v) is 5.51. The van der Waals surface area contributed by atoms with Crippen LogP contribution >= 0.6 is 0 Å². The molecule has 0 bridgehead atoms. The summed E-state index contributed by atoms with van der Waals surface area (Å²) in [5.74, 6) is 2.93. The molecule has 0 aliphatic heterocycles. The molecule has 0 fully saturated rings. The first-order valence-corrected chi connectivity index (χ1v) is 11.3. The molecule has 1 unspecified atom stereocenters. The van der Waals surface area contributed by atoms with E-state index >= 15 is 0 Å². The molecule has 0 aliphatic carbocycles. The number of hydrogen-bond donors (Lipinski definition) is 3. The predicted molar refractivity (Wildman–Crippen MR) is 127 cm³/mol. The maximum atomic E-state index is 9.34. The van der Waals surface area contributed by atoms with E-state index in [1.54, 1.807) is 0 Å². The van der Waals surface area contributed by atoms with Gasteiger partial charge in [0.1, 0.15) is 12.4 Å². The number of aliphatic hydroxyl groups excluding tert-OH is 1. The van der Waals surface area contributed by atoms with Gasteiger partial charge in [0.05, 0.1) is 0 Å². The van der Waals surface area contributed by atoms with Crippen LogP contribution in [0.15, 0.2) is 35.3 Å². The van der Waals surface area contributed by atoms with Crippen LogP contribution in [0.2, 0.25) is 0 Å². The lowest BCUT2D eigenvalue weighted by atomic mass is 10.0. The van der Waals surface area contributed by atoms with Crippen LogP contribution in [0.5, 0.6) is 0 Å². The first-order chi connectivity index (χ1) is 15.0. The molecule has 0 saturated heterocycles. The third-order valence-electron chi connectivity index (χ3n) is 5.51. The Morgan fingerprint density at radius 2 is 1.97 bits per heavy atom. The summed E-state index contributed by atoms with van der Waals surface area (Å²) in [6, 6.07) is 10.4. The molecule has 8 heteroatoms. The van der Waals surface area contributed by atoms with Crippen LogP contribution in [0.1, 0.15) is 44.3 Å². The number of aliphatic imine (C=N–C) groups is 1. The Morgan fingerprint density at radius 1 is 1.19 bits per heavy atom. The zero-order valence-corrected chi connectivity index (χ0v) is 19.5. The Morgan fingerprint density at radius 3 is 2.61 bits per heavy atom. The molecule has 2 aromatic rings. The lowest BCUT2D eigenvalue weighted by molar-refractivity contribution is 0.251. The van der Waals surface area contributed by atoms with E-state index in [-0.39, 0.29) is 6.61 Å². The zero-order chi connectivity index (χ0) is 22.5. The molecule has 8 nitrogen and oxygen atoms in total. The second kappa shape index (κ2) is 13.6. The fourth-order valence-corrected chi connectivity index (χ4v) is 3.43. The van der Waals surface area contributed by atoms with Gasteiger partial charge in [-0.2, -0.15) is 0 Å². The fourth-order valence-electron chi connectivity index (χ4n) is 3.43. The lowest BCUT2D eigenvalue weighted by Crippen LogP contribution is -2.41. The van der Waals surface area contributed by atoms with Crippen molar-refractivity contribution >= 4 is 11.6 Å². The standard InChI is InChI=1S/C23H39N7O/c1-5-10-20(13-16-31)17-25-23(26-18-22-28-27-19(2)30(22)4)24-14-9-15-29(3)21-11-7-6-8-12-21/h6-8,11-12,20,31H,5,9-10,13-18H2,1-4H3,(H2,24,25,26). The van der Waals surface area contributed by atoms with Gasteiger partial charge in [0.2, 0.25) is 0 Å². The van der Waals surface area contributed by atoms with Gasteiger partial charge in [-0.25, -0.2) is 4.99 Å². The van der Waals surface area contributed by atoms with E-state index in [2.05, 4.69) is 64.0 Å². The van der Waals surface area contributed by atoms with Crippen molar-refractivity contribution in [3.8, 4) is 0 Å². The van der Waals surface area contributed by atoms with E-state index < -0.39 is 0 Å². The third kappa shape index (κ3) is 8.57. The highest BCUT2D eigenvalue weighted by Gasteiger charge is 2.10. The molecule has 2 rings (SSSR count). The SMILES string of the molecule is CCCC(CCO)CNC(=NCc1nnc(C)n1C)NCCCN(C)c1ccccc1. The highest BCUT2D eigenvalue weighted by atomic mass is 16.3. The highest BCUT2D eigenvalue weighted by molar-refractivity contribution is 5.79. The number of guanidine groups is 1. The average Bonchev–Trinajstić information content (AvgIpc) is 3.10. The van der Waals surface area contributed by atoms with Gasteiger partial charge in [0.25, 0.3) is 0 Å². The van der Waals surface area contributed by atoms with Crippen LogP contribution in [0.25, 0.3) is 0 Å². The van der Waals surface area contributed by atoms with Crippen molar-refractivity contribution in [3.63, 3.8) is 0 Å². The number of nitrogens with one attached hydrogen (secondary N) is 2. The Labute approximate surface area is 186 Å². The molecule has 0 amide bonds. The van der Waals surface area contributed by atoms with Gasteiger partial charge in [0.15, 0.2) is 11.8 Å². The molecular formula is C23H39N7O. The van der Waals surface area contributed by atoms with Gasteiger partial charge in [0, 0.05) is 46.0 Å². The Bertz CT molecular complexity index is 769. The summed E-state index contributed by atoms with van der Waals surface area (Å²) in [5, 5.41) is 24.6. The van der Waals surface area contributed by atoms with Crippen LogP contribution in [0.3, 0.4) is 0 Å². The number of aliphatic hydroxyl groups is 1. The minimum atomic E-state index is 0.219. The van der Waals surface area contributed by atoms with E-state index in [4.69, 9.17) is 4.99 Å². The largest absolute Gasteiger partial charge is 0.396 e. The maximum Gasteiger partial charge on any atom is 0.191 e. The topological polar surface area (TPSA) is 90.6 Å². The minimum absolute atomic E-state index is 0.219. The zero-order valence-electron chi connectivity index (χ0n) is 19.5. The van der Waals surface area contributed by atoms with Crippen LogP contribution in [0.4, 0.5) is 5.69 Å². The van der Waals surface area contributed by atoms with E-state index in [1.165, 1.54) is 5.69 Å². The fraction of sp³-hybridized carbons (Fsp3) is 0.609. The number of benzene rings is 1. The van der Waals surface area contributed by atoms with E-state index in [1.807, 2.05) is 24.6 Å². The molecule has 1 aromatic heterocycles. The molecule has 0 saturated carbocycles. The second-order valence-corrected chi connectivity index (χ2v) is 7.97. The number of hydrogen-bond acceptors (Lipinski definition) is 5. The van der Waals surface area contributed by atoms with Crippen LogP contribution < -0.4 is 15.5 Å². The quantitative estimate of drug-likeness (QED) is 0.257. The van der Waals surface area contributed by atoms with E-state index in [0.29, 0.717) is 12.5 Å². The van der Waals surface area contributed by atoms with Crippen LogP contribution in [-0.4, -0.2) is 59.1 Å². The lowest BCUT2D eigenvalue weighted by Gasteiger charge is -2.21. The molecule has 172 valence electrons.